The van der Waals surface area contributed by atoms with Crippen molar-refractivity contribution in [3.63, 3.8) is 0 Å². The SMILES string of the molecule is CC(C)CCC(C)NC(=O)c1ccc2c(=O)n3c(nc2c1)CCCCC3. The minimum Gasteiger partial charge on any atom is -0.350 e. The van der Waals surface area contributed by atoms with Crippen molar-refractivity contribution in [2.24, 2.45) is 5.92 Å². The van der Waals surface area contributed by atoms with Gasteiger partial charge in [-0.2, -0.15) is 0 Å². The minimum absolute atomic E-state index is 0.0177. The molecule has 0 bridgehead atoms. The zero-order valence-electron chi connectivity index (χ0n) is 16.0. The van der Waals surface area contributed by atoms with Gasteiger partial charge < -0.3 is 5.32 Å². The van der Waals surface area contributed by atoms with Crippen molar-refractivity contribution in [1.82, 2.24) is 14.9 Å². The van der Waals surface area contributed by atoms with Gasteiger partial charge in [0.2, 0.25) is 0 Å². The van der Waals surface area contributed by atoms with E-state index in [1.54, 1.807) is 18.2 Å². The molecule has 1 amide bonds. The van der Waals surface area contributed by atoms with Crippen LogP contribution in [-0.4, -0.2) is 21.5 Å². The van der Waals surface area contributed by atoms with Crippen molar-refractivity contribution in [3.05, 3.63) is 39.9 Å². The van der Waals surface area contributed by atoms with E-state index in [9.17, 15) is 9.59 Å². The zero-order chi connectivity index (χ0) is 18.7. The number of nitrogens with zero attached hydrogens (tertiary/aromatic N) is 2. The first-order valence-electron chi connectivity index (χ1n) is 9.80. The topological polar surface area (TPSA) is 64.0 Å². The number of carbonyl (C=O) groups is 1. The molecule has 1 N–H and O–H groups in total. The third-order valence-corrected chi connectivity index (χ3v) is 5.13. The van der Waals surface area contributed by atoms with Crippen molar-refractivity contribution in [3.8, 4) is 0 Å². The molecule has 1 aliphatic heterocycles. The van der Waals surface area contributed by atoms with Crippen LogP contribution in [0.3, 0.4) is 0 Å². The molecular formula is C21H29N3O2. The molecule has 1 aliphatic rings. The predicted molar refractivity (Wildman–Crippen MR) is 105 cm³/mol. The van der Waals surface area contributed by atoms with Crippen molar-refractivity contribution >= 4 is 16.8 Å². The first-order valence-corrected chi connectivity index (χ1v) is 9.80. The minimum atomic E-state index is -0.0972. The average Bonchev–Trinajstić information content (AvgIpc) is 2.85. The summed E-state index contributed by atoms with van der Waals surface area (Å²) in [6.45, 7) is 7.15. The van der Waals surface area contributed by atoms with Gasteiger partial charge in [-0.15, -0.1) is 0 Å². The van der Waals surface area contributed by atoms with Crippen LogP contribution in [0.2, 0.25) is 0 Å². The second-order valence-corrected chi connectivity index (χ2v) is 7.87. The van der Waals surface area contributed by atoms with Gasteiger partial charge in [0.1, 0.15) is 5.82 Å². The summed E-state index contributed by atoms with van der Waals surface area (Å²) in [6, 6.07) is 5.37. The summed E-state index contributed by atoms with van der Waals surface area (Å²) in [5.74, 6) is 1.38. The zero-order valence-corrected chi connectivity index (χ0v) is 16.0. The number of hydrogen-bond acceptors (Lipinski definition) is 3. The fourth-order valence-electron chi connectivity index (χ4n) is 3.52. The van der Waals surface area contributed by atoms with E-state index in [0.717, 1.165) is 50.9 Å². The van der Waals surface area contributed by atoms with Gasteiger partial charge in [-0.25, -0.2) is 4.98 Å². The van der Waals surface area contributed by atoms with Gasteiger partial charge in [-0.05, 0) is 56.7 Å². The number of nitrogens with one attached hydrogen (secondary N) is 1. The molecular weight excluding hydrogens is 326 g/mol. The Morgan fingerprint density at radius 3 is 2.77 bits per heavy atom. The van der Waals surface area contributed by atoms with Gasteiger partial charge in [0.15, 0.2) is 0 Å². The van der Waals surface area contributed by atoms with Crippen LogP contribution >= 0.6 is 0 Å². The van der Waals surface area contributed by atoms with Crippen LogP contribution in [0.5, 0.6) is 0 Å². The molecule has 0 saturated heterocycles. The van der Waals surface area contributed by atoms with Crippen LogP contribution in [0.1, 0.15) is 69.1 Å². The van der Waals surface area contributed by atoms with E-state index in [1.165, 1.54) is 0 Å². The van der Waals surface area contributed by atoms with Gasteiger partial charge in [0, 0.05) is 24.6 Å². The van der Waals surface area contributed by atoms with Gasteiger partial charge >= 0.3 is 0 Å². The van der Waals surface area contributed by atoms with Crippen LogP contribution in [-0.2, 0) is 13.0 Å². The van der Waals surface area contributed by atoms with Crippen molar-refractivity contribution < 1.29 is 4.79 Å². The Hall–Kier alpha value is -2.17. The van der Waals surface area contributed by atoms with Crippen LogP contribution in [0.25, 0.3) is 10.9 Å². The summed E-state index contributed by atoms with van der Waals surface area (Å²) in [5.41, 5.74) is 1.22. The smallest absolute Gasteiger partial charge is 0.261 e. The largest absolute Gasteiger partial charge is 0.350 e. The van der Waals surface area contributed by atoms with Crippen LogP contribution in [0, 0.1) is 5.92 Å². The van der Waals surface area contributed by atoms with Crippen LogP contribution < -0.4 is 10.9 Å². The molecule has 1 aromatic heterocycles. The monoisotopic (exact) mass is 355 g/mol. The molecule has 0 fully saturated rings. The van der Waals surface area contributed by atoms with Crippen molar-refractivity contribution in [2.45, 2.75) is 71.9 Å². The lowest BCUT2D eigenvalue weighted by Crippen LogP contribution is -2.32. The van der Waals surface area contributed by atoms with E-state index >= 15 is 0 Å². The Balaban J connectivity index is 1.85. The Labute approximate surface area is 154 Å². The molecule has 5 heteroatoms. The Morgan fingerprint density at radius 1 is 1.19 bits per heavy atom. The quantitative estimate of drug-likeness (QED) is 0.890. The number of fused-ring (bicyclic) bond motifs is 2. The molecule has 3 rings (SSSR count). The fraction of sp³-hybridized carbons (Fsp3) is 0.571. The lowest BCUT2D eigenvalue weighted by atomic mass is 10.0. The third-order valence-electron chi connectivity index (χ3n) is 5.13. The second kappa shape index (κ2) is 8.02. The molecule has 1 aromatic carbocycles. The van der Waals surface area contributed by atoms with E-state index in [4.69, 9.17) is 4.98 Å². The second-order valence-electron chi connectivity index (χ2n) is 7.87. The normalized spacial score (nSPS) is 15.5. The number of aryl methyl sites for hydroxylation is 1. The highest BCUT2D eigenvalue weighted by Crippen LogP contribution is 2.16. The fourth-order valence-corrected chi connectivity index (χ4v) is 3.52. The van der Waals surface area contributed by atoms with E-state index in [0.29, 0.717) is 22.4 Å². The number of rotatable bonds is 5. The van der Waals surface area contributed by atoms with Gasteiger partial charge in [0.25, 0.3) is 11.5 Å². The number of benzene rings is 1. The Bertz CT molecular complexity index is 854. The van der Waals surface area contributed by atoms with E-state index < -0.39 is 0 Å². The highest BCUT2D eigenvalue weighted by atomic mass is 16.1. The summed E-state index contributed by atoms with van der Waals surface area (Å²) >= 11 is 0. The highest BCUT2D eigenvalue weighted by Gasteiger charge is 2.16. The van der Waals surface area contributed by atoms with Gasteiger partial charge in [0.05, 0.1) is 10.9 Å². The first kappa shape index (κ1) is 18.6. The Morgan fingerprint density at radius 2 is 2.00 bits per heavy atom. The molecule has 0 radical (unpaired) electrons. The molecule has 1 atom stereocenters. The summed E-state index contributed by atoms with van der Waals surface area (Å²) < 4.78 is 1.81. The first-order chi connectivity index (χ1) is 12.5. The summed E-state index contributed by atoms with van der Waals surface area (Å²) in [4.78, 5) is 30.0. The maximum Gasteiger partial charge on any atom is 0.261 e. The number of carbonyl (C=O) groups excluding carboxylic acids is 1. The molecule has 5 nitrogen and oxygen atoms in total. The molecule has 26 heavy (non-hydrogen) atoms. The van der Waals surface area contributed by atoms with Crippen molar-refractivity contribution in [1.29, 1.82) is 0 Å². The molecule has 2 aromatic rings. The Kier molecular flexibility index (Phi) is 5.74. The maximum atomic E-state index is 12.8. The van der Waals surface area contributed by atoms with Crippen LogP contribution in [0.4, 0.5) is 0 Å². The molecule has 140 valence electrons. The molecule has 0 saturated carbocycles. The molecule has 0 spiro atoms. The van der Waals surface area contributed by atoms with E-state index in [1.807, 2.05) is 11.5 Å². The van der Waals surface area contributed by atoms with E-state index in [-0.39, 0.29) is 17.5 Å². The summed E-state index contributed by atoms with van der Waals surface area (Å²) in [7, 11) is 0. The third kappa shape index (κ3) is 4.14. The summed E-state index contributed by atoms with van der Waals surface area (Å²) in [5, 5.41) is 3.65. The highest BCUT2D eigenvalue weighted by molar-refractivity contribution is 5.97. The lowest BCUT2D eigenvalue weighted by Gasteiger charge is -2.15. The standard InChI is InChI=1S/C21H29N3O2/c1-14(2)8-9-15(3)22-20(25)16-10-11-17-18(13-16)23-19-7-5-4-6-12-24(19)21(17)26/h10-11,13-15H,4-9,12H2,1-3H3,(H,22,25). The van der Waals surface area contributed by atoms with Gasteiger partial charge in [-0.3, -0.25) is 14.2 Å². The molecule has 0 aliphatic carbocycles. The number of hydrogen-bond donors (Lipinski definition) is 1. The van der Waals surface area contributed by atoms with Gasteiger partial charge in [-0.1, -0.05) is 20.3 Å². The van der Waals surface area contributed by atoms with E-state index in [2.05, 4.69) is 19.2 Å². The predicted octanol–water partition coefficient (Wildman–Crippen LogP) is 3.68. The van der Waals surface area contributed by atoms with Crippen LogP contribution in [0.15, 0.2) is 23.0 Å². The molecule has 1 unspecified atom stereocenters. The number of aromatic nitrogens is 2. The van der Waals surface area contributed by atoms with Crippen molar-refractivity contribution in [2.75, 3.05) is 0 Å². The molecule has 2 heterocycles. The number of amides is 1. The lowest BCUT2D eigenvalue weighted by molar-refractivity contribution is 0.0937. The summed E-state index contributed by atoms with van der Waals surface area (Å²) in [6.07, 6.45) is 6.09. The maximum absolute atomic E-state index is 12.8. The average molecular weight is 355 g/mol.